The highest BCUT2D eigenvalue weighted by Gasteiger charge is 2.35. The van der Waals surface area contributed by atoms with E-state index in [-0.39, 0.29) is 5.92 Å². The highest BCUT2D eigenvalue weighted by molar-refractivity contribution is 5.79. The van der Waals surface area contributed by atoms with E-state index in [4.69, 9.17) is 5.73 Å². The van der Waals surface area contributed by atoms with Crippen molar-refractivity contribution in [3.05, 3.63) is 0 Å². The topological polar surface area (TPSA) is 46.3 Å². The van der Waals surface area contributed by atoms with Crippen LogP contribution in [0.25, 0.3) is 0 Å². The molecule has 0 aromatic carbocycles. The Labute approximate surface area is 117 Å². The zero-order chi connectivity index (χ0) is 13.8. The van der Waals surface area contributed by atoms with Crippen molar-refractivity contribution in [2.45, 2.75) is 64.3 Å². The first-order valence-corrected chi connectivity index (χ1v) is 8.12. The molecule has 0 radical (unpaired) electrons. The van der Waals surface area contributed by atoms with Crippen molar-refractivity contribution >= 4 is 5.91 Å². The van der Waals surface area contributed by atoms with Crippen LogP contribution in [0.5, 0.6) is 0 Å². The third-order valence-electron chi connectivity index (χ3n) is 5.44. The Hall–Kier alpha value is -0.570. The molecule has 2 aliphatic rings. The molecule has 0 heterocycles. The second-order valence-electron chi connectivity index (χ2n) is 6.66. The van der Waals surface area contributed by atoms with Crippen molar-refractivity contribution in [2.24, 2.45) is 23.5 Å². The highest BCUT2D eigenvalue weighted by Crippen LogP contribution is 2.33. The zero-order valence-corrected chi connectivity index (χ0v) is 12.6. The summed E-state index contributed by atoms with van der Waals surface area (Å²) < 4.78 is 0. The molecule has 4 atom stereocenters. The Balaban J connectivity index is 2.00. The molecule has 0 saturated heterocycles. The first-order chi connectivity index (χ1) is 9.15. The average Bonchev–Trinajstić information content (AvgIpc) is 2.46. The van der Waals surface area contributed by atoms with Crippen molar-refractivity contribution in [3.63, 3.8) is 0 Å². The van der Waals surface area contributed by atoms with Gasteiger partial charge in [0.25, 0.3) is 0 Å². The van der Waals surface area contributed by atoms with E-state index in [9.17, 15) is 4.79 Å². The molecule has 2 N–H and O–H groups in total. The quantitative estimate of drug-likeness (QED) is 0.854. The van der Waals surface area contributed by atoms with Crippen LogP contribution in [0.4, 0.5) is 0 Å². The summed E-state index contributed by atoms with van der Waals surface area (Å²) in [7, 11) is 2.02. The van der Waals surface area contributed by atoms with E-state index in [1.165, 1.54) is 38.5 Å². The first-order valence-electron chi connectivity index (χ1n) is 8.12. The molecule has 1 amide bonds. The summed E-state index contributed by atoms with van der Waals surface area (Å²) in [5.74, 6) is 1.64. The molecule has 0 aromatic heterocycles. The lowest BCUT2D eigenvalue weighted by Gasteiger charge is -2.40. The molecule has 0 aliphatic heterocycles. The minimum absolute atomic E-state index is 0.192. The number of nitrogens with zero attached hydrogens (tertiary/aromatic N) is 1. The number of carbonyl (C=O) groups is 1. The number of nitrogens with two attached hydrogens (primary N) is 1. The van der Waals surface area contributed by atoms with Gasteiger partial charge in [-0.15, -0.1) is 0 Å². The zero-order valence-electron chi connectivity index (χ0n) is 12.6. The van der Waals surface area contributed by atoms with E-state index in [0.717, 1.165) is 12.8 Å². The predicted octanol–water partition coefficient (Wildman–Crippen LogP) is 2.79. The molecule has 110 valence electrons. The minimum Gasteiger partial charge on any atom is -0.342 e. The van der Waals surface area contributed by atoms with Crippen LogP contribution < -0.4 is 5.73 Å². The summed E-state index contributed by atoms with van der Waals surface area (Å²) in [5, 5.41) is 0. The highest BCUT2D eigenvalue weighted by atomic mass is 16.2. The van der Waals surface area contributed by atoms with E-state index in [1.807, 2.05) is 7.05 Å². The fourth-order valence-corrected chi connectivity index (χ4v) is 4.11. The summed E-state index contributed by atoms with van der Waals surface area (Å²) in [4.78, 5) is 14.9. The van der Waals surface area contributed by atoms with Crippen molar-refractivity contribution in [2.75, 3.05) is 13.6 Å². The largest absolute Gasteiger partial charge is 0.342 e. The lowest BCUT2D eigenvalue weighted by atomic mass is 9.77. The smallest absolute Gasteiger partial charge is 0.226 e. The predicted molar refractivity (Wildman–Crippen MR) is 78.7 cm³/mol. The van der Waals surface area contributed by atoms with Gasteiger partial charge in [-0.2, -0.15) is 0 Å². The maximum atomic E-state index is 12.8. The normalized spacial score (nSPS) is 35.9. The molecule has 19 heavy (non-hydrogen) atoms. The van der Waals surface area contributed by atoms with Crippen LogP contribution >= 0.6 is 0 Å². The van der Waals surface area contributed by atoms with Gasteiger partial charge < -0.3 is 10.6 Å². The second-order valence-corrected chi connectivity index (χ2v) is 6.66. The Morgan fingerprint density at radius 2 is 1.74 bits per heavy atom. The molecule has 4 unspecified atom stereocenters. The van der Waals surface area contributed by atoms with Crippen molar-refractivity contribution in [1.29, 1.82) is 0 Å². The maximum absolute atomic E-state index is 12.8. The molecule has 0 spiro atoms. The molecular weight excluding hydrogens is 236 g/mol. The molecular formula is C16H30N2O. The van der Waals surface area contributed by atoms with Gasteiger partial charge in [0.1, 0.15) is 0 Å². The van der Waals surface area contributed by atoms with Gasteiger partial charge in [-0.1, -0.05) is 32.6 Å². The van der Waals surface area contributed by atoms with E-state index in [0.29, 0.717) is 30.3 Å². The van der Waals surface area contributed by atoms with Gasteiger partial charge in [0, 0.05) is 19.0 Å². The Morgan fingerprint density at radius 1 is 1.11 bits per heavy atom. The molecule has 2 fully saturated rings. The van der Waals surface area contributed by atoms with Crippen molar-refractivity contribution in [1.82, 2.24) is 4.90 Å². The van der Waals surface area contributed by atoms with Crippen LogP contribution in [0.3, 0.4) is 0 Å². The standard InChI is InChI=1S/C16H30N2O/c1-12-7-3-6-10-15(12)18(2)16(19)14-9-5-4-8-13(14)11-17/h12-15H,3-11,17H2,1-2H3. The third-order valence-corrected chi connectivity index (χ3v) is 5.44. The van der Waals surface area contributed by atoms with E-state index in [1.54, 1.807) is 0 Å². The Bertz CT molecular complexity index is 305. The SMILES string of the molecule is CC1CCCCC1N(C)C(=O)C1CCCCC1CN. The molecule has 2 rings (SSSR count). The summed E-state index contributed by atoms with van der Waals surface area (Å²) >= 11 is 0. The lowest BCUT2D eigenvalue weighted by molar-refractivity contribution is -0.140. The van der Waals surface area contributed by atoms with Crippen LogP contribution in [-0.4, -0.2) is 30.4 Å². The fourth-order valence-electron chi connectivity index (χ4n) is 4.11. The molecule has 2 aliphatic carbocycles. The van der Waals surface area contributed by atoms with Crippen molar-refractivity contribution in [3.8, 4) is 0 Å². The molecule has 3 nitrogen and oxygen atoms in total. The van der Waals surface area contributed by atoms with E-state index < -0.39 is 0 Å². The Kier molecular flexibility index (Phi) is 5.26. The average molecular weight is 266 g/mol. The van der Waals surface area contributed by atoms with Crippen molar-refractivity contribution < 1.29 is 4.79 Å². The summed E-state index contributed by atoms with van der Waals surface area (Å²) in [5.41, 5.74) is 5.87. The summed E-state index contributed by atoms with van der Waals surface area (Å²) in [6, 6.07) is 0.460. The maximum Gasteiger partial charge on any atom is 0.226 e. The van der Waals surface area contributed by atoms with Gasteiger partial charge >= 0.3 is 0 Å². The number of hydrogen-bond donors (Lipinski definition) is 1. The first kappa shape index (κ1) is 14.8. The van der Waals surface area contributed by atoms with E-state index in [2.05, 4.69) is 11.8 Å². The third kappa shape index (κ3) is 3.31. The molecule has 3 heteroatoms. The van der Waals surface area contributed by atoms with Crippen LogP contribution in [0.15, 0.2) is 0 Å². The van der Waals surface area contributed by atoms with Gasteiger partial charge in [-0.05, 0) is 44.1 Å². The Morgan fingerprint density at radius 3 is 2.42 bits per heavy atom. The number of carbonyl (C=O) groups excluding carboxylic acids is 1. The van der Waals surface area contributed by atoms with Crippen LogP contribution in [0.1, 0.15) is 58.3 Å². The molecule has 2 saturated carbocycles. The van der Waals surface area contributed by atoms with Crippen LogP contribution in [0, 0.1) is 17.8 Å². The van der Waals surface area contributed by atoms with E-state index >= 15 is 0 Å². The van der Waals surface area contributed by atoms with Crippen LogP contribution in [-0.2, 0) is 4.79 Å². The number of rotatable bonds is 3. The lowest BCUT2D eigenvalue weighted by Crippen LogP contribution is -2.48. The summed E-state index contributed by atoms with van der Waals surface area (Å²) in [6.07, 6.45) is 9.69. The minimum atomic E-state index is 0.192. The van der Waals surface area contributed by atoms with Gasteiger partial charge in [0.05, 0.1) is 0 Å². The van der Waals surface area contributed by atoms with Gasteiger partial charge in [-0.25, -0.2) is 0 Å². The van der Waals surface area contributed by atoms with Gasteiger partial charge in [-0.3, -0.25) is 4.79 Å². The van der Waals surface area contributed by atoms with Gasteiger partial charge in [0.15, 0.2) is 0 Å². The second kappa shape index (κ2) is 6.74. The van der Waals surface area contributed by atoms with Crippen LogP contribution in [0.2, 0.25) is 0 Å². The fraction of sp³-hybridized carbons (Fsp3) is 0.938. The van der Waals surface area contributed by atoms with Gasteiger partial charge in [0.2, 0.25) is 5.91 Å². The molecule has 0 bridgehead atoms. The number of amides is 1. The molecule has 0 aromatic rings. The monoisotopic (exact) mass is 266 g/mol. The summed E-state index contributed by atoms with van der Waals surface area (Å²) in [6.45, 7) is 2.97. The number of hydrogen-bond acceptors (Lipinski definition) is 2.